The summed E-state index contributed by atoms with van der Waals surface area (Å²) in [4.78, 5) is 0. The van der Waals surface area contributed by atoms with Crippen LogP contribution in [0.4, 0.5) is 0 Å². The number of unbranched alkanes of at least 4 members (excludes halogenated alkanes) is 2. The highest BCUT2D eigenvalue weighted by Gasteiger charge is 2.07. The largest absolute Gasteiger partial charge is 0.328 e. The molecule has 1 nitrogen and oxygen atoms in total. The molecule has 0 aromatic rings. The van der Waals surface area contributed by atoms with Gasteiger partial charge in [0.15, 0.2) is 0 Å². The van der Waals surface area contributed by atoms with Gasteiger partial charge in [-0.3, -0.25) is 0 Å². The Bertz CT molecular complexity index is 131. The fraction of sp³-hybridized carbons (Fsp3) is 1.00. The lowest BCUT2D eigenvalue weighted by atomic mass is 9.95. The lowest BCUT2D eigenvalue weighted by molar-refractivity contribution is 0.419. The van der Waals surface area contributed by atoms with Crippen LogP contribution in [0.25, 0.3) is 0 Å². The maximum Gasteiger partial charge on any atom is 0.00413 e. The zero-order valence-electron chi connectivity index (χ0n) is 11.3. The molecule has 1 unspecified atom stereocenters. The summed E-state index contributed by atoms with van der Waals surface area (Å²) in [6, 6.07) is 0.444. The van der Waals surface area contributed by atoms with Crippen LogP contribution in [0.1, 0.15) is 72.6 Å². The molecule has 0 saturated carbocycles. The normalized spacial score (nSPS) is 15.6. The number of hydrogen-bond acceptors (Lipinski definition) is 1. The van der Waals surface area contributed by atoms with Gasteiger partial charge in [0.1, 0.15) is 0 Å². The maximum absolute atomic E-state index is 6.09. The molecule has 2 N–H and O–H groups in total. The Labute approximate surface area is 96.8 Å². The van der Waals surface area contributed by atoms with Gasteiger partial charge >= 0.3 is 0 Å². The van der Waals surface area contributed by atoms with Crippen molar-refractivity contribution in [2.45, 2.75) is 78.7 Å². The van der Waals surface area contributed by atoms with E-state index in [0.29, 0.717) is 6.04 Å². The lowest BCUT2D eigenvalue weighted by Crippen LogP contribution is -2.22. The van der Waals surface area contributed by atoms with Crippen LogP contribution in [0.3, 0.4) is 0 Å². The molecule has 0 fully saturated rings. The molecule has 0 aromatic carbocycles. The van der Waals surface area contributed by atoms with Crippen LogP contribution < -0.4 is 5.73 Å². The third kappa shape index (κ3) is 10.2. The highest BCUT2D eigenvalue weighted by atomic mass is 14.6. The molecule has 0 spiro atoms. The lowest BCUT2D eigenvalue weighted by Gasteiger charge is -2.15. The Balaban J connectivity index is 3.27. The zero-order chi connectivity index (χ0) is 11.7. The van der Waals surface area contributed by atoms with Gasteiger partial charge in [0.25, 0.3) is 0 Å². The van der Waals surface area contributed by atoms with Gasteiger partial charge in [0, 0.05) is 6.04 Å². The van der Waals surface area contributed by atoms with E-state index in [9.17, 15) is 0 Å². The third-order valence-electron chi connectivity index (χ3n) is 3.26. The minimum atomic E-state index is 0.444. The average Bonchev–Trinajstić information content (AvgIpc) is 2.16. The monoisotopic (exact) mass is 213 g/mol. The van der Waals surface area contributed by atoms with Crippen molar-refractivity contribution in [3.8, 4) is 0 Å². The zero-order valence-corrected chi connectivity index (χ0v) is 11.3. The molecule has 92 valence electrons. The minimum Gasteiger partial charge on any atom is -0.328 e. The van der Waals surface area contributed by atoms with Crippen LogP contribution in [-0.2, 0) is 0 Å². The molecule has 0 aromatic heterocycles. The van der Waals surface area contributed by atoms with E-state index in [2.05, 4.69) is 27.7 Å². The number of hydrogen-bond donors (Lipinski definition) is 1. The van der Waals surface area contributed by atoms with Crippen LogP contribution in [0.2, 0.25) is 0 Å². The summed E-state index contributed by atoms with van der Waals surface area (Å²) in [6.07, 6.45) is 9.15. The first-order valence-corrected chi connectivity index (χ1v) is 6.81. The van der Waals surface area contributed by atoms with Crippen LogP contribution in [-0.4, -0.2) is 6.04 Å². The van der Waals surface area contributed by atoms with Crippen LogP contribution in [0, 0.1) is 11.8 Å². The molecular weight excluding hydrogens is 182 g/mol. The van der Waals surface area contributed by atoms with E-state index >= 15 is 0 Å². The predicted molar refractivity (Wildman–Crippen MR) is 70.0 cm³/mol. The second kappa shape index (κ2) is 9.21. The van der Waals surface area contributed by atoms with Gasteiger partial charge in [-0.1, -0.05) is 59.8 Å². The van der Waals surface area contributed by atoms with Crippen molar-refractivity contribution >= 4 is 0 Å². The molecule has 0 saturated heterocycles. The van der Waals surface area contributed by atoms with Crippen molar-refractivity contribution in [2.75, 3.05) is 0 Å². The fourth-order valence-electron chi connectivity index (χ4n) is 1.94. The van der Waals surface area contributed by atoms with Crippen molar-refractivity contribution in [1.82, 2.24) is 0 Å². The highest BCUT2D eigenvalue weighted by Crippen LogP contribution is 2.14. The number of rotatable bonds is 9. The smallest absolute Gasteiger partial charge is 0.00413 e. The van der Waals surface area contributed by atoms with E-state index in [1.807, 2.05) is 0 Å². The molecule has 2 atom stereocenters. The van der Waals surface area contributed by atoms with Crippen molar-refractivity contribution < 1.29 is 0 Å². The van der Waals surface area contributed by atoms with Crippen LogP contribution in [0.15, 0.2) is 0 Å². The van der Waals surface area contributed by atoms with Crippen molar-refractivity contribution in [3.05, 3.63) is 0 Å². The minimum absolute atomic E-state index is 0.444. The summed E-state index contributed by atoms with van der Waals surface area (Å²) in [6.45, 7) is 9.15. The molecule has 0 aliphatic carbocycles. The molecule has 15 heavy (non-hydrogen) atoms. The summed E-state index contributed by atoms with van der Waals surface area (Å²) in [5, 5.41) is 0. The molecule has 0 radical (unpaired) electrons. The highest BCUT2D eigenvalue weighted by molar-refractivity contribution is 4.65. The summed E-state index contributed by atoms with van der Waals surface area (Å²) in [5.41, 5.74) is 6.09. The first-order valence-electron chi connectivity index (χ1n) is 6.81. The van der Waals surface area contributed by atoms with Gasteiger partial charge in [-0.15, -0.1) is 0 Å². The van der Waals surface area contributed by atoms with Gasteiger partial charge < -0.3 is 5.73 Å². The third-order valence-corrected chi connectivity index (χ3v) is 3.26. The number of nitrogens with two attached hydrogens (primary N) is 1. The van der Waals surface area contributed by atoms with E-state index in [1.165, 1.54) is 44.9 Å². The van der Waals surface area contributed by atoms with Crippen molar-refractivity contribution in [1.29, 1.82) is 0 Å². The quantitative estimate of drug-likeness (QED) is 0.566. The van der Waals surface area contributed by atoms with Gasteiger partial charge in [0.2, 0.25) is 0 Å². The van der Waals surface area contributed by atoms with Gasteiger partial charge in [0.05, 0.1) is 0 Å². The predicted octanol–water partition coefficient (Wildman–Crippen LogP) is 4.36. The molecule has 0 rings (SSSR count). The van der Waals surface area contributed by atoms with E-state index in [0.717, 1.165) is 11.8 Å². The van der Waals surface area contributed by atoms with Crippen molar-refractivity contribution in [2.24, 2.45) is 17.6 Å². The Kier molecular flexibility index (Phi) is 9.18. The summed E-state index contributed by atoms with van der Waals surface area (Å²) >= 11 is 0. The van der Waals surface area contributed by atoms with Crippen molar-refractivity contribution in [3.63, 3.8) is 0 Å². The first kappa shape index (κ1) is 15.0. The summed E-state index contributed by atoms with van der Waals surface area (Å²) < 4.78 is 0. The molecule has 0 bridgehead atoms. The first-order chi connectivity index (χ1) is 7.06. The Hall–Kier alpha value is -0.0400. The summed E-state index contributed by atoms with van der Waals surface area (Å²) in [7, 11) is 0. The van der Waals surface area contributed by atoms with Crippen LogP contribution in [0.5, 0.6) is 0 Å². The SMILES string of the molecule is CCC(C)C[C@@H](N)CCCCCC(C)C. The van der Waals surface area contributed by atoms with Crippen LogP contribution >= 0.6 is 0 Å². The van der Waals surface area contributed by atoms with E-state index < -0.39 is 0 Å². The van der Waals surface area contributed by atoms with E-state index in [1.54, 1.807) is 0 Å². The average molecular weight is 213 g/mol. The van der Waals surface area contributed by atoms with Gasteiger partial charge in [-0.25, -0.2) is 0 Å². The summed E-state index contributed by atoms with van der Waals surface area (Å²) in [5.74, 6) is 1.66. The molecule has 0 amide bonds. The van der Waals surface area contributed by atoms with Gasteiger partial charge in [-0.2, -0.15) is 0 Å². The van der Waals surface area contributed by atoms with E-state index in [-0.39, 0.29) is 0 Å². The Morgan fingerprint density at radius 1 is 0.933 bits per heavy atom. The Morgan fingerprint density at radius 3 is 2.07 bits per heavy atom. The second-order valence-corrected chi connectivity index (χ2v) is 5.54. The second-order valence-electron chi connectivity index (χ2n) is 5.54. The fourth-order valence-corrected chi connectivity index (χ4v) is 1.94. The molecule has 1 heteroatoms. The van der Waals surface area contributed by atoms with E-state index in [4.69, 9.17) is 5.73 Å². The molecule has 0 aliphatic rings. The Morgan fingerprint density at radius 2 is 1.53 bits per heavy atom. The maximum atomic E-state index is 6.09. The molecular formula is C14H31N. The molecule has 0 aliphatic heterocycles. The standard InChI is InChI=1S/C14H31N/c1-5-13(4)11-14(15)10-8-6-7-9-12(2)3/h12-14H,5-11,15H2,1-4H3/t13?,14-/m0/s1. The molecule has 0 heterocycles. The topological polar surface area (TPSA) is 26.0 Å². The van der Waals surface area contributed by atoms with Gasteiger partial charge in [-0.05, 0) is 24.7 Å².